The molecule has 0 atom stereocenters. The van der Waals surface area contributed by atoms with Gasteiger partial charge in [0.15, 0.2) is 0 Å². The molecule has 0 aliphatic carbocycles. The van der Waals surface area contributed by atoms with Crippen LogP contribution in [0.2, 0.25) is 18.6 Å². The van der Waals surface area contributed by atoms with Crippen molar-refractivity contribution < 1.29 is 41.2 Å². The van der Waals surface area contributed by atoms with Crippen LogP contribution in [0.3, 0.4) is 0 Å². The SMILES string of the molecule is CCO[Si](C)(CCCNC(=O)OCC(C)(C)COC(=O)NCCC[Si](OCC)(OCC)OCC)OCC. The monoisotopic (exact) mass is 568 g/mol. The second kappa shape index (κ2) is 19.8. The highest BCUT2D eigenvalue weighted by molar-refractivity contribution is 6.66. The van der Waals surface area contributed by atoms with Gasteiger partial charge < -0.3 is 42.2 Å². The van der Waals surface area contributed by atoms with Gasteiger partial charge in [0.1, 0.15) is 13.2 Å². The van der Waals surface area contributed by atoms with Crippen LogP contribution in [-0.4, -0.2) is 88.9 Å². The largest absolute Gasteiger partial charge is 0.500 e. The van der Waals surface area contributed by atoms with Crippen molar-refractivity contribution in [2.75, 3.05) is 59.3 Å². The molecule has 0 bridgehead atoms. The summed E-state index contributed by atoms with van der Waals surface area (Å²) in [6, 6.07) is 1.39. The molecule has 0 aromatic carbocycles. The number of carbonyl (C=O) groups is 2. The highest BCUT2D eigenvalue weighted by Gasteiger charge is 2.39. The molecule has 0 saturated heterocycles. The molecule has 0 fully saturated rings. The predicted molar refractivity (Wildman–Crippen MR) is 147 cm³/mol. The van der Waals surface area contributed by atoms with Gasteiger partial charge in [0.05, 0.1) is 0 Å². The lowest BCUT2D eigenvalue weighted by Crippen LogP contribution is -2.46. The van der Waals surface area contributed by atoms with Gasteiger partial charge in [0.25, 0.3) is 0 Å². The third-order valence-corrected chi connectivity index (χ3v) is 11.4. The zero-order valence-electron chi connectivity index (χ0n) is 24.4. The summed E-state index contributed by atoms with van der Waals surface area (Å²) in [5, 5.41) is 5.49. The van der Waals surface area contributed by atoms with E-state index in [1.165, 1.54) is 0 Å². The first-order valence-corrected chi connectivity index (χ1v) is 18.0. The molecule has 13 heteroatoms. The Labute approximate surface area is 226 Å². The number of alkyl carbamates (subject to hydrolysis) is 2. The maximum absolute atomic E-state index is 12.1. The van der Waals surface area contributed by atoms with E-state index in [2.05, 4.69) is 10.6 Å². The van der Waals surface area contributed by atoms with Crippen LogP contribution in [0.25, 0.3) is 0 Å². The first-order valence-electron chi connectivity index (χ1n) is 13.5. The van der Waals surface area contributed by atoms with Crippen LogP contribution in [0.4, 0.5) is 9.59 Å². The van der Waals surface area contributed by atoms with Crippen LogP contribution in [0.5, 0.6) is 0 Å². The first kappa shape index (κ1) is 35.8. The fraction of sp³-hybridized carbons (Fsp3) is 0.917. The minimum atomic E-state index is -2.72. The third kappa shape index (κ3) is 17.1. The molecule has 0 rings (SSSR count). The Hall–Kier alpha value is -1.23. The molecule has 0 heterocycles. The second-order valence-electron chi connectivity index (χ2n) is 9.36. The topological polar surface area (TPSA) is 123 Å². The molecule has 11 nitrogen and oxygen atoms in total. The van der Waals surface area contributed by atoms with Crippen molar-refractivity contribution in [3.05, 3.63) is 0 Å². The van der Waals surface area contributed by atoms with Crippen LogP contribution >= 0.6 is 0 Å². The maximum Gasteiger partial charge on any atom is 0.500 e. The summed E-state index contributed by atoms with van der Waals surface area (Å²) in [5.41, 5.74) is -0.537. The third-order valence-electron chi connectivity index (χ3n) is 5.19. The molecular weight excluding hydrogens is 516 g/mol. The summed E-state index contributed by atoms with van der Waals surface area (Å²) in [6.07, 6.45) is 0.364. The average Bonchev–Trinajstić information content (AvgIpc) is 2.83. The Kier molecular flexibility index (Phi) is 19.1. The molecule has 2 amide bonds. The standard InChI is InChI=1S/C24H52N2O9Si2/c1-9-31-36(8,32-10-2)18-14-16-25-22(27)29-20-24(6,7)21-30-23(28)26-17-15-19-37(33-11-3,34-12-4)35-13-5/h9-21H2,1-8H3,(H,25,27)(H,26,28). The Morgan fingerprint density at radius 3 is 1.41 bits per heavy atom. The number of amides is 2. The lowest BCUT2D eigenvalue weighted by Gasteiger charge is -2.28. The van der Waals surface area contributed by atoms with Crippen molar-refractivity contribution in [3.63, 3.8) is 0 Å². The maximum atomic E-state index is 12.1. The van der Waals surface area contributed by atoms with Crippen molar-refractivity contribution >= 4 is 29.6 Å². The lowest BCUT2D eigenvalue weighted by molar-refractivity contribution is 0.0464. The molecule has 0 saturated carbocycles. The van der Waals surface area contributed by atoms with Crippen molar-refractivity contribution in [1.29, 1.82) is 0 Å². The number of rotatable bonds is 22. The van der Waals surface area contributed by atoms with Gasteiger partial charge in [0, 0.05) is 57.6 Å². The molecule has 0 aliphatic heterocycles. The van der Waals surface area contributed by atoms with Crippen LogP contribution in [0.1, 0.15) is 61.3 Å². The Morgan fingerprint density at radius 1 is 0.649 bits per heavy atom. The van der Waals surface area contributed by atoms with E-state index in [0.717, 1.165) is 12.5 Å². The summed E-state index contributed by atoms with van der Waals surface area (Å²) in [5.74, 6) is 0. The Morgan fingerprint density at radius 2 is 1.03 bits per heavy atom. The molecule has 0 aliphatic rings. The van der Waals surface area contributed by atoms with Crippen LogP contribution < -0.4 is 10.6 Å². The Bertz CT molecular complexity index is 604. The van der Waals surface area contributed by atoms with Crippen LogP contribution in [0.15, 0.2) is 0 Å². The van der Waals surface area contributed by atoms with E-state index in [9.17, 15) is 9.59 Å². The fourth-order valence-corrected chi connectivity index (χ4v) is 8.58. The zero-order valence-corrected chi connectivity index (χ0v) is 26.4. The number of ether oxygens (including phenoxy) is 2. The highest BCUT2D eigenvalue weighted by atomic mass is 28.4. The van der Waals surface area contributed by atoms with E-state index in [1.807, 2.05) is 55.0 Å². The fourth-order valence-electron chi connectivity index (χ4n) is 3.56. The lowest BCUT2D eigenvalue weighted by atomic mass is 9.96. The van der Waals surface area contributed by atoms with Crippen LogP contribution in [-0.2, 0) is 31.6 Å². The minimum absolute atomic E-state index is 0.105. The average molecular weight is 569 g/mol. The predicted octanol–water partition coefficient (Wildman–Crippen LogP) is 4.44. The molecule has 37 heavy (non-hydrogen) atoms. The number of hydrogen-bond acceptors (Lipinski definition) is 9. The number of nitrogens with one attached hydrogen (secondary N) is 2. The van der Waals surface area contributed by atoms with Gasteiger partial charge in [-0.2, -0.15) is 0 Å². The summed E-state index contributed by atoms with van der Waals surface area (Å²) >= 11 is 0. The normalized spacial score (nSPS) is 12.3. The van der Waals surface area contributed by atoms with E-state index in [4.69, 9.17) is 31.6 Å². The van der Waals surface area contributed by atoms with Gasteiger partial charge in [-0.25, -0.2) is 9.59 Å². The highest BCUT2D eigenvalue weighted by Crippen LogP contribution is 2.19. The molecule has 0 radical (unpaired) electrons. The first-order chi connectivity index (χ1) is 17.5. The number of hydrogen-bond donors (Lipinski definition) is 2. The quantitative estimate of drug-likeness (QED) is 0.144. The second-order valence-corrected chi connectivity index (χ2v) is 15.4. The summed E-state index contributed by atoms with van der Waals surface area (Å²) in [7, 11) is -4.91. The van der Waals surface area contributed by atoms with Gasteiger partial charge in [-0.1, -0.05) is 13.8 Å². The molecule has 0 unspecified atom stereocenters. The number of carbonyl (C=O) groups excluding carboxylic acids is 2. The van der Waals surface area contributed by atoms with Crippen molar-refractivity contribution in [2.24, 2.45) is 5.41 Å². The van der Waals surface area contributed by atoms with Crippen molar-refractivity contribution in [2.45, 2.75) is 79.9 Å². The molecule has 2 N–H and O–H groups in total. The minimum Gasteiger partial charge on any atom is -0.449 e. The van der Waals surface area contributed by atoms with Gasteiger partial charge in [-0.15, -0.1) is 0 Å². The molecule has 0 aromatic heterocycles. The van der Waals surface area contributed by atoms with E-state index in [-0.39, 0.29) is 13.2 Å². The van der Waals surface area contributed by atoms with Crippen molar-refractivity contribution in [3.8, 4) is 0 Å². The summed E-state index contributed by atoms with van der Waals surface area (Å²) in [6.45, 7) is 19.3. The van der Waals surface area contributed by atoms with Crippen molar-refractivity contribution in [1.82, 2.24) is 10.6 Å². The molecular formula is C24H52N2O9Si2. The van der Waals surface area contributed by atoms with Gasteiger partial charge in [0.2, 0.25) is 0 Å². The molecule has 220 valence electrons. The van der Waals surface area contributed by atoms with Gasteiger partial charge in [-0.3, -0.25) is 0 Å². The zero-order chi connectivity index (χ0) is 28.2. The van der Waals surface area contributed by atoms with Gasteiger partial charge >= 0.3 is 29.6 Å². The molecule has 0 aromatic rings. The van der Waals surface area contributed by atoms with E-state index in [1.54, 1.807) is 0 Å². The van der Waals surface area contributed by atoms with E-state index >= 15 is 0 Å². The van der Waals surface area contributed by atoms with Crippen LogP contribution in [0, 0.1) is 5.41 Å². The Balaban J connectivity index is 4.24. The van der Waals surface area contributed by atoms with E-state index in [0.29, 0.717) is 58.6 Å². The van der Waals surface area contributed by atoms with E-state index < -0.39 is 35.0 Å². The molecule has 0 spiro atoms. The summed E-state index contributed by atoms with van der Waals surface area (Å²) < 4.78 is 39.7. The summed E-state index contributed by atoms with van der Waals surface area (Å²) in [4.78, 5) is 24.2. The smallest absolute Gasteiger partial charge is 0.449 e. The van der Waals surface area contributed by atoms with Gasteiger partial charge in [-0.05, 0) is 60.1 Å².